The van der Waals surface area contributed by atoms with E-state index in [-0.39, 0.29) is 18.1 Å². The molecule has 1 saturated heterocycles. The van der Waals surface area contributed by atoms with E-state index in [9.17, 15) is 4.79 Å². The van der Waals surface area contributed by atoms with Crippen LogP contribution in [0, 0.1) is 0 Å². The molecule has 1 fully saturated rings. The fourth-order valence-corrected chi connectivity index (χ4v) is 3.88. The van der Waals surface area contributed by atoms with E-state index in [1.807, 2.05) is 23.3 Å². The SMILES string of the molecule is COc1cnccc1[C@H](C)NC(=O)N1CCCC[C@H]1c1nccs1. The molecule has 3 heterocycles. The van der Waals surface area contributed by atoms with E-state index in [2.05, 4.69) is 15.3 Å². The average molecular weight is 346 g/mol. The standard InChI is InChI=1S/C17H22N4O2S/c1-12(13-6-7-18-11-15(13)23-2)20-17(22)21-9-4-3-5-14(21)16-19-8-10-24-16/h6-8,10-12,14H,3-5,9H2,1-2H3,(H,20,22)/t12-,14-/m0/s1. The lowest BCUT2D eigenvalue weighted by Gasteiger charge is -2.35. The maximum absolute atomic E-state index is 12.8. The summed E-state index contributed by atoms with van der Waals surface area (Å²) in [6, 6.07) is 1.74. The number of thiazole rings is 1. The minimum absolute atomic E-state index is 0.0544. The number of amides is 2. The number of carbonyl (C=O) groups is 1. The number of aromatic nitrogens is 2. The van der Waals surface area contributed by atoms with Gasteiger partial charge in [-0.25, -0.2) is 9.78 Å². The van der Waals surface area contributed by atoms with Gasteiger partial charge >= 0.3 is 6.03 Å². The summed E-state index contributed by atoms with van der Waals surface area (Å²) in [6.45, 7) is 2.72. The van der Waals surface area contributed by atoms with Gasteiger partial charge in [-0.2, -0.15) is 0 Å². The molecule has 0 spiro atoms. The molecule has 24 heavy (non-hydrogen) atoms. The molecule has 6 nitrogen and oxygen atoms in total. The Kier molecular flexibility index (Phi) is 5.30. The highest BCUT2D eigenvalue weighted by atomic mass is 32.1. The Labute approximate surface area is 145 Å². The molecule has 0 aromatic carbocycles. The van der Waals surface area contributed by atoms with E-state index in [4.69, 9.17) is 4.74 Å². The summed E-state index contributed by atoms with van der Waals surface area (Å²) < 4.78 is 5.34. The first-order valence-electron chi connectivity index (χ1n) is 8.15. The van der Waals surface area contributed by atoms with Gasteiger partial charge in [0.15, 0.2) is 0 Å². The predicted molar refractivity (Wildman–Crippen MR) is 93.1 cm³/mol. The minimum atomic E-state index is -0.158. The number of ether oxygens (including phenoxy) is 1. The summed E-state index contributed by atoms with van der Waals surface area (Å²) in [5, 5.41) is 6.06. The van der Waals surface area contributed by atoms with Gasteiger partial charge in [-0.15, -0.1) is 11.3 Å². The Bertz CT molecular complexity index is 677. The zero-order chi connectivity index (χ0) is 16.9. The Morgan fingerprint density at radius 2 is 2.33 bits per heavy atom. The molecule has 3 rings (SSSR count). The maximum atomic E-state index is 12.8. The Balaban J connectivity index is 1.73. The van der Waals surface area contributed by atoms with Crippen LogP contribution in [0.1, 0.15) is 48.8 Å². The quantitative estimate of drug-likeness (QED) is 0.919. The lowest BCUT2D eigenvalue weighted by Crippen LogP contribution is -2.45. The molecule has 1 aliphatic rings. The van der Waals surface area contributed by atoms with Crippen LogP contribution in [0.15, 0.2) is 30.0 Å². The summed E-state index contributed by atoms with van der Waals surface area (Å²) in [4.78, 5) is 23.2. The van der Waals surface area contributed by atoms with Crippen LogP contribution in [-0.4, -0.2) is 34.6 Å². The van der Waals surface area contributed by atoms with E-state index in [0.29, 0.717) is 5.75 Å². The van der Waals surface area contributed by atoms with Crippen molar-refractivity contribution >= 4 is 17.4 Å². The van der Waals surface area contributed by atoms with Crippen molar-refractivity contribution in [1.29, 1.82) is 0 Å². The number of hydrogen-bond acceptors (Lipinski definition) is 5. The van der Waals surface area contributed by atoms with E-state index in [1.54, 1.807) is 37.0 Å². The van der Waals surface area contributed by atoms with Gasteiger partial charge in [-0.3, -0.25) is 4.98 Å². The lowest BCUT2D eigenvalue weighted by molar-refractivity contribution is 0.148. The topological polar surface area (TPSA) is 67.3 Å². The van der Waals surface area contributed by atoms with Crippen molar-refractivity contribution in [3.63, 3.8) is 0 Å². The van der Waals surface area contributed by atoms with E-state index in [0.717, 1.165) is 36.4 Å². The molecule has 2 amide bonds. The highest BCUT2D eigenvalue weighted by Gasteiger charge is 2.30. The average Bonchev–Trinajstić information content (AvgIpc) is 3.16. The third-order valence-corrected chi connectivity index (χ3v) is 5.22. The minimum Gasteiger partial charge on any atom is -0.495 e. The van der Waals surface area contributed by atoms with E-state index in [1.165, 1.54) is 0 Å². The summed E-state index contributed by atoms with van der Waals surface area (Å²) >= 11 is 1.61. The van der Waals surface area contributed by atoms with Gasteiger partial charge in [0, 0.05) is 29.9 Å². The van der Waals surface area contributed by atoms with Gasteiger partial charge in [0.25, 0.3) is 0 Å². The van der Waals surface area contributed by atoms with E-state index < -0.39 is 0 Å². The Morgan fingerprint density at radius 1 is 1.46 bits per heavy atom. The lowest BCUT2D eigenvalue weighted by atomic mass is 10.0. The van der Waals surface area contributed by atoms with Crippen LogP contribution in [0.5, 0.6) is 5.75 Å². The second-order valence-corrected chi connectivity index (χ2v) is 6.79. The van der Waals surface area contributed by atoms with Crippen LogP contribution >= 0.6 is 11.3 Å². The smallest absolute Gasteiger partial charge is 0.318 e. The zero-order valence-electron chi connectivity index (χ0n) is 13.9. The van der Waals surface area contributed by atoms with Gasteiger partial charge in [-0.1, -0.05) is 0 Å². The molecule has 0 radical (unpaired) electrons. The molecule has 7 heteroatoms. The van der Waals surface area contributed by atoms with Crippen LogP contribution in [0.2, 0.25) is 0 Å². The van der Waals surface area contributed by atoms with Crippen molar-refractivity contribution in [3.05, 3.63) is 40.6 Å². The Morgan fingerprint density at radius 3 is 3.08 bits per heavy atom. The number of nitrogens with one attached hydrogen (secondary N) is 1. The second kappa shape index (κ2) is 7.61. The number of carbonyl (C=O) groups excluding carboxylic acids is 1. The normalized spacial score (nSPS) is 18.9. The molecule has 128 valence electrons. The molecule has 0 bridgehead atoms. The molecule has 2 aromatic heterocycles. The highest BCUT2D eigenvalue weighted by molar-refractivity contribution is 7.09. The van der Waals surface area contributed by atoms with Crippen molar-refractivity contribution < 1.29 is 9.53 Å². The summed E-state index contributed by atoms with van der Waals surface area (Å²) in [7, 11) is 1.61. The van der Waals surface area contributed by atoms with Crippen molar-refractivity contribution in [3.8, 4) is 5.75 Å². The first-order valence-corrected chi connectivity index (χ1v) is 9.03. The predicted octanol–water partition coefficient (Wildman–Crippen LogP) is 3.54. The number of methoxy groups -OCH3 is 1. The second-order valence-electron chi connectivity index (χ2n) is 5.86. The van der Waals surface area contributed by atoms with Crippen molar-refractivity contribution in [2.24, 2.45) is 0 Å². The van der Waals surface area contributed by atoms with Gasteiger partial charge in [0.05, 0.1) is 25.4 Å². The van der Waals surface area contributed by atoms with Crippen molar-refractivity contribution in [2.75, 3.05) is 13.7 Å². The molecule has 0 unspecified atom stereocenters. The number of nitrogens with zero attached hydrogens (tertiary/aromatic N) is 3. The molecule has 1 N–H and O–H groups in total. The zero-order valence-corrected chi connectivity index (χ0v) is 14.8. The molecular weight excluding hydrogens is 324 g/mol. The van der Waals surface area contributed by atoms with Crippen LogP contribution in [0.25, 0.3) is 0 Å². The highest BCUT2D eigenvalue weighted by Crippen LogP contribution is 2.32. The van der Waals surface area contributed by atoms with Gasteiger partial charge in [0.1, 0.15) is 10.8 Å². The van der Waals surface area contributed by atoms with Crippen LogP contribution in [0.4, 0.5) is 4.79 Å². The summed E-state index contributed by atoms with van der Waals surface area (Å²) in [5.41, 5.74) is 0.920. The molecule has 2 atom stereocenters. The largest absolute Gasteiger partial charge is 0.495 e. The first kappa shape index (κ1) is 16.7. The van der Waals surface area contributed by atoms with Crippen molar-refractivity contribution in [2.45, 2.75) is 38.3 Å². The van der Waals surface area contributed by atoms with Crippen molar-refractivity contribution in [1.82, 2.24) is 20.2 Å². The third kappa shape index (κ3) is 3.51. The molecule has 1 aliphatic heterocycles. The Hall–Kier alpha value is -2.15. The number of urea groups is 1. The summed E-state index contributed by atoms with van der Waals surface area (Å²) in [5.74, 6) is 0.681. The number of pyridine rings is 1. The molecular formula is C17H22N4O2S. The number of rotatable bonds is 4. The molecule has 2 aromatic rings. The van der Waals surface area contributed by atoms with E-state index >= 15 is 0 Å². The van der Waals surface area contributed by atoms with Gasteiger partial charge in [0.2, 0.25) is 0 Å². The number of likely N-dealkylation sites (tertiary alicyclic amines) is 1. The van der Waals surface area contributed by atoms with Gasteiger partial charge in [-0.05, 0) is 32.3 Å². The first-order chi connectivity index (χ1) is 11.7. The third-order valence-electron chi connectivity index (χ3n) is 4.34. The van der Waals surface area contributed by atoms with Crippen LogP contribution in [-0.2, 0) is 0 Å². The fourth-order valence-electron chi connectivity index (χ4n) is 3.10. The maximum Gasteiger partial charge on any atom is 0.318 e. The molecule has 0 aliphatic carbocycles. The number of hydrogen-bond donors (Lipinski definition) is 1. The van der Waals surface area contributed by atoms with Crippen LogP contribution in [0.3, 0.4) is 0 Å². The monoisotopic (exact) mass is 346 g/mol. The summed E-state index contributed by atoms with van der Waals surface area (Å²) in [6.07, 6.45) is 8.30. The van der Waals surface area contributed by atoms with Crippen LogP contribution < -0.4 is 10.1 Å². The molecule has 0 saturated carbocycles. The fraction of sp³-hybridized carbons (Fsp3) is 0.471. The number of piperidine rings is 1. The van der Waals surface area contributed by atoms with Gasteiger partial charge < -0.3 is 15.0 Å².